The van der Waals surface area contributed by atoms with Crippen LogP contribution in [0.2, 0.25) is 0 Å². The second-order valence-electron chi connectivity index (χ2n) is 6.86. The summed E-state index contributed by atoms with van der Waals surface area (Å²) in [5.41, 5.74) is 2.82. The van der Waals surface area contributed by atoms with Crippen LogP contribution in [0.4, 0.5) is 5.95 Å². The van der Waals surface area contributed by atoms with Crippen molar-refractivity contribution in [2.45, 2.75) is 58.3 Å². The van der Waals surface area contributed by atoms with Crippen LogP contribution < -0.4 is 10.2 Å². The number of carbonyl (C=O) groups excluding carboxylic acids is 1. The van der Waals surface area contributed by atoms with Crippen molar-refractivity contribution in [1.82, 2.24) is 15.3 Å². The lowest BCUT2D eigenvalue weighted by atomic mass is 9.97. The van der Waals surface area contributed by atoms with E-state index in [0.29, 0.717) is 18.2 Å². The molecule has 130 valence electrons. The van der Waals surface area contributed by atoms with Gasteiger partial charge >= 0.3 is 0 Å². The lowest BCUT2D eigenvalue weighted by molar-refractivity contribution is 0.0949. The first kappa shape index (κ1) is 16.9. The second-order valence-corrected chi connectivity index (χ2v) is 6.86. The van der Waals surface area contributed by atoms with Gasteiger partial charge in [0.2, 0.25) is 5.95 Å². The van der Waals surface area contributed by atoms with Crippen LogP contribution in [0.1, 0.15) is 67.5 Å². The summed E-state index contributed by atoms with van der Waals surface area (Å²) < 4.78 is 0. The minimum atomic E-state index is -0.0878. The third kappa shape index (κ3) is 4.56. The summed E-state index contributed by atoms with van der Waals surface area (Å²) in [7, 11) is 0. The summed E-state index contributed by atoms with van der Waals surface area (Å²) >= 11 is 0. The molecule has 1 aliphatic carbocycles. The van der Waals surface area contributed by atoms with Gasteiger partial charge in [-0.3, -0.25) is 4.79 Å². The Labute approximate surface area is 144 Å². The van der Waals surface area contributed by atoms with Crippen molar-refractivity contribution in [3.8, 4) is 0 Å². The molecule has 3 rings (SSSR count). The molecule has 5 nitrogen and oxygen atoms in total. The van der Waals surface area contributed by atoms with E-state index >= 15 is 0 Å². The van der Waals surface area contributed by atoms with E-state index in [9.17, 15) is 4.79 Å². The Morgan fingerprint density at radius 2 is 2.00 bits per heavy atom. The molecule has 1 aromatic rings. The first-order chi connectivity index (χ1) is 11.7. The zero-order valence-corrected chi connectivity index (χ0v) is 14.7. The average Bonchev–Trinajstić information content (AvgIpc) is 2.63. The number of aromatic nitrogens is 2. The van der Waals surface area contributed by atoms with Gasteiger partial charge in [0.15, 0.2) is 0 Å². The van der Waals surface area contributed by atoms with Crippen molar-refractivity contribution < 1.29 is 4.79 Å². The van der Waals surface area contributed by atoms with Crippen LogP contribution in [0, 0.1) is 6.92 Å². The van der Waals surface area contributed by atoms with Gasteiger partial charge in [-0.25, -0.2) is 9.97 Å². The van der Waals surface area contributed by atoms with Crippen LogP contribution in [0.3, 0.4) is 0 Å². The van der Waals surface area contributed by atoms with Crippen molar-refractivity contribution in [1.29, 1.82) is 0 Å². The number of rotatable bonds is 5. The summed E-state index contributed by atoms with van der Waals surface area (Å²) in [5.74, 6) is 0.616. The van der Waals surface area contributed by atoms with E-state index in [4.69, 9.17) is 0 Å². The number of hydrogen-bond donors (Lipinski definition) is 1. The minimum Gasteiger partial charge on any atom is -0.350 e. The van der Waals surface area contributed by atoms with Gasteiger partial charge in [0.1, 0.15) is 5.69 Å². The molecule has 1 amide bonds. The standard InChI is InChI=1S/C19H28N4O/c1-15-14-17(22-19(21-15)23-12-6-3-7-13-23)18(24)20-11-10-16-8-4-2-5-9-16/h8,14H,2-7,9-13H2,1H3,(H,20,24). The Balaban J connectivity index is 1.59. The zero-order chi connectivity index (χ0) is 16.8. The van der Waals surface area contributed by atoms with Crippen LogP contribution in [0.15, 0.2) is 17.7 Å². The molecular formula is C19H28N4O. The van der Waals surface area contributed by atoms with Gasteiger partial charge < -0.3 is 10.2 Å². The van der Waals surface area contributed by atoms with E-state index in [1.165, 1.54) is 50.5 Å². The van der Waals surface area contributed by atoms with Crippen LogP contribution in [-0.2, 0) is 0 Å². The lowest BCUT2D eigenvalue weighted by Gasteiger charge is -2.27. The Morgan fingerprint density at radius 1 is 1.17 bits per heavy atom. The van der Waals surface area contributed by atoms with Crippen molar-refractivity contribution >= 4 is 11.9 Å². The molecule has 24 heavy (non-hydrogen) atoms. The van der Waals surface area contributed by atoms with Gasteiger partial charge in [-0.15, -0.1) is 0 Å². The normalized spacial score (nSPS) is 18.2. The molecule has 0 spiro atoms. The molecule has 0 aromatic carbocycles. The summed E-state index contributed by atoms with van der Waals surface area (Å²) in [6, 6.07) is 1.78. The molecule has 1 saturated heterocycles. The molecule has 0 radical (unpaired) electrons. The summed E-state index contributed by atoms with van der Waals surface area (Å²) in [6.07, 6.45) is 11.9. The third-order valence-corrected chi connectivity index (χ3v) is 4.83. The smallest absolute Gasteiger partial charge is 0.270 e. The molecule has 0 bridgehead atoms. The summed E-state index contributed by atoms with van der Waals surface area (Å²) in [5, 5.41) is 3.02. The van der Waals surface area contributed by atoms with E-state index in [-0.39, 0.29) is 5.91 Å². The predicted molar refractivity (Wildman–Crippen MR) is 96.3 cm³/mol. The van der Waals surface area contributed by atoms with E-state index < -0.39 is 0 Å². The molecule has 0 unspecified atom stereocenters. The zero-order valence-electron chi connectivity index (χ0n) is 14.7. The van der Waals surface area contributed by atoms with Crippen LogP contribution in [0.5, 0.6) is 0 Å². The second kappa shape index (κ2) is 8.27. The van der Waals surface area contributed by atoms with E-state index in [1.54, 1.807) is 6.07 Å². The lowest BCUT2D eigenvalue weighted by Crippen LogP contribution is -2.32. The fourth-order valence-corrected chi connectivity index (χ4v) is 3.46. The van der Waals surface area contributed by atoms with Crippen LogP contribution in [0.25, 0.3) is 0 Å². The van der Waals surface area contributed by atoms with Crippen molar-refractivity contribution in [3.63, 3.8) is 0 Å². The summed E-state index contributed by atoms with van der Waals surface area (Å²) in [4.78, 5) is 23.7. The highest BCUT2D eigenvalue weighted by atomic mass is 16.1. The van der Waals surface area contributed by atoms with Crippen molar-refractivity contribution in [2.24, 2.45) is 0 Å². The number of nitrogens with zero attached hydrogens (tertiary/aromatic N) is 3. The maximum atomic E-state index is 12.4. The first-order valence-corrected chi connectivity index (χ1v) is 9.29. The molecule has 0 saturated carbocycles. The molecule has 5 heteroatoms. The van der Waals surface area contributed by atoms with Crippen molar-refractivity contribution in [2.75, 3.05) is 24.5 Å². The maximum Gasteiger partial charge on any atom is 0.270 e. The Kier molecular flexibility index (Phi) is 5.83. The number of anilines is 1. The van der Waals surface area contributed by atoms with Gasteiger partial charge in [-0.1, -0.05) is 11.6 Å². The Hall–Kier alpha value is -1.91. The molecule has 2 aliphatic rings. The van der Waals surface area contributed by atoms with E-state index in [0.717, 1.165) is 25.2 Å². The fourth-order valence-electron chi connectivity index (χ4n) is 3.46. The highest BCUT2D eigenvalue weighted by Crippen LogP contribution is 2.19. The summed E-state index contributed by atoms with van der Waals surface area (Å²) in [6.45, 7) is 4.59. The number of piperidine rings is 1. The number of nitrogens with one attached hydrogen (secondary N) is 1. The quantitative estimate of drug-likeness (QED) is 0.842. The third-order valence-electron chi connectivity index (χ3n) is 4.83. The molecule has 1 fully saturated rings. The van der Waals surface area contributed by atoms with Gasteiger partial charge in [-0.2, -0.15) is 0 Å². The predicted octanol–water partition coefficient (Wildman–Crippen LogP) is 3.40. The molecule has 1 aromatic heterocycles. The highest BCUT2D eigenvalue weighted by Gasteiger charge is 2.17. The Bertz CT molecular complexity index is 605. The maximum absolute atomic E-state index is 12.4. The van der Waals surface area contributed by atoms with Gasteiger partial charge in [0.05, 0.1) is 0 Å². The first-order valence-electron chi connectivity index (χ1n) is 9.29. The largest absolute Gasteiger partial charge is 0.350 e. The fraction of sp³-hybridized carbons (Fsp3) is 0.632. The molecule has 0 atom stereocenters. The molecule has 2 heterocycles. The van der Waals surface area contributed by atoms with Gasteiger partial charge in [-0.05, 0) is 64.4 Å². The van der Waals surface area contributed by atoms with Gasteiger partial charge in [0, 0.05) is 25.3 Å². The van der Waals surface area contributed by atoms with E-state index in [2.05, 4.69) is 26.3 Å². The van der Waals surface area contributed by atoms with Gasteiger partial charge in [0.25, 0.3) is 5.91 Å². The number of carbonyl (C=O) groups is 1. The number of amides is 1. The minimum absolute atomic E-state index is 0.0878. The topological polar surface area (TPSA) is 58.1 Å². The highest BCUT2D eigenvalue weighted by molar-refractivity contribution is 5.92. The van der Waals surface area contributed by atoms with Crippen molar-refractivity contribution in [3.05, 3.63) is 29.1 Å². The monoisotopic (exact) mass is 328 g/mol. The van der Waals surface area contributed by atoms with E-state index in [1.807, 2.05) is 6.92 Å². The number of allylic oxidation sites excluding steroid dienone is 1. The molecule has 1 N–H and O–H groups in total. The molecular weight excluding hydrogens is 300 g/mol. The SMILES string of the molecule is Cc1cc(C(=O)NCCC2=CCCCC2)nc(N2CCCCC2)n1. The average molecular weight is 328 g/mol. The van der Waals surface area contributed by atoms with Crippen LogP contribution in [-0.4, -0.2) is 35.5 Å². The van der Waals surface area contributed by atoms with Crippen LogP contribution >= 0.6 is 0 Å². The Morgan fingerprint density at radius 3 is 2.75 bits per heavy atom. The number of aryl methyl sites for hydroxylation is 1. The molecule has 1 aliphatic heterocycles. The number of hydrogen-bond acceptors (Lipinski definition) is 4.